The maximum absolute atomic E-state index is 4.35. The molecule has 0 saturated heterocycles. The minimum atomic E-state index is 0. The van der Waals surface area contributed by atoms with E-state index in [1.165, 1.54) is 0 Å². The summed E-state index contributed by atoms with van der Waals surface area (Å²) in [5, 5.41) is 2.28. The van der Waals surface area contributed by atoms with Gasteiger partial charge in [-0.1, -0.05) is 24.3 Å². The molecule has 3 heteroatoms. The maximum Gasteiger partial charge on any atom is 0.0964 e. The first-order chi connectivity index (χ1) is 6.95. The smallest absolute Gasteiger partial charge is 0.0964 e. The van der Waals surface area contributed by atoms with E-state index in [1.54, 1.807) is 12.4 Å². The summed E-state index contributed by atoms with van der Waals surface area (Å²) in [7, 11) is 0. The molecule has 0 aliphatic carbocycles. The third-order valence-corrected chi connectivity index (χ3v) is 2.34. The number of benzene rings is 1. The molecule has 2 aromatic heterocycles. The summed E-state index contributed by atoms with van der Waals surface area (Å²) < 4.78 is 0. The third-order valence-electron chi connectivity index (χ3n) is 2.34. The average molecular weight is 281 g/mol. The Balaban J connectivity index is 0.000000853. The SMILES string of the molecule is [Ru].c1cnc2c(c1)ccc1cccnc12. The Morgan fingerprint density at radius 3 is 1.60 bits per heavy atom. The fraction of sp³-hybridized carbons (Fsp3) is 0. The molecule has 3 aromatic rings. The fourth-order valence-corrected chi connectivity index (χ4v) is 1.68. The van der Waals surface area contributed by atoms with Gasteiger partial charge in [0.25, 0.3) is 0 Å². The Bertz CT molecular complexity index is 553. The molecule has 0 N–H and O–H groups in total. The van der Waals surface area contributed by atoms with Crippen molar-refractivity contribution in [1.29, 1.82) is 0 Å². The minimum absolute atomic E-state index is 0. The van der Waals surface area contributed by atoms with E-state index in [0.29, 0.717) is 0 Å². The van der Waals surface area contributed by atoms with Crippen molar-refractivity contribution in [3.05, 3.63) is 48.8 Å². The first-order valence-electron chi connectivity index (χ1n) is 4.53. The first kappa shape index (κ1) is 10.2. The number of rotatable bonds is 0. The van der Waals surface area contributed by atoms with Gasteiger partial charge in [-0.05, 0) is 12.1 Å². The van der Waals surface area contributed by atoms with E-state index >= 15 is 0 Å². The van der Waals surface area contributed by atoms with Crippen LogP contribution in [0.1, 0.15) is 0 Å². The topological polar surface area (TPSA) is 25.8 Å². The number of nitrogens with zero attached hydrogens (tertiary/aromatic N) is 2. The van der Waals surface area contributed by atoms with Crippen molar-refractivity contribution in [2.45, 2.75) is 0 Å². The Hall–Kier alpha value is -1.34. The average Bonchev–Trinajstić information content (AvgIpc) is 2.29. The molecule has 0 bridgehead atoms. The van der Waals surface area contributed by atoms with E-state index < -0.39 is 0 Å². The van der Waals surface area contributed by atoms with Gasteiger partial charge in [0.05, 0.1) is 11.0 Å². The van der Waals surface area contributed by atoms with Crippen LogP contribution in [0.25, 0.3) is 21.8 Å². The molecule has 2 nitrogen and oxygen atoms in total. The Kier molecular flexibility index (Phi) is 2.74. The summed E-state index contributed by atoms with van der Waals surface area (Å²) in [5.41, 5.74) is 1.95. The van der Waals surface area contributed by atoms with Crippen LogP contribution in [-0.4, -0.2) is 9.97 Å². The molecule has 0 aliphatic heterocycles. The number of fused-ring (bicyclic) bond motifs is 3. The van der Waals surface area contributed by atoms with Gasteiger partial charge in [0.15, 0.2) is 0 Å². The summed E-state index contributed by atoms with van der Waals surface area (Å²) in [6, 6.07) is 12.1. The molecule has 0 fully saturated rings. The predicted molar refractivity (Wildman–Crippen MR) is 57.0 cm³/mol. The summed E-state index contributed by atoms with van der Waals surface area (Å²) in [4.78, 5) is 8.69. The van der Waals surface area contributed by atoms with Crippen molar-refractivity contribution in [1.82, 2.24) is 9.97 Å². The van der Waals surface area contributed by atoms with E-state index in [9.17, 15) is 0 Å². The summed E-state index contributed by atoms with van der Waals surface area (Å²) in [5.74, 6) is 0. The molecule has 0 spiro atoms. The van der Waals surface area contributed by atoms with Gasteiger partial charge < -0.3 is 0 Å². The minimum Gasteiger partial charge on any atom is -0.254 e. The zero-order valence-electron chi connectivity index (χ0n) is 7.87. The zero-order valence-corrected chi connectivity index (χ0v) is 9.60. The summed E-state index contributed by atoms with van der Waals surface area (Å²) >= 11 is 0. The Labute approximate surface area is 100 Å². The van der Waals surface area contributed by atoms with Crippen LogP contribution in [0.5, 0.6) is 0 Å². The van der Waals surface area contributed by atoms with Crippen molar-refractivity contribution in [2.75, 3.05) is 0 Å². The molecule has 0 saturated carbocycles. The van der Waals surface area contributed by atoms with Crippen LogP contribution in [0.2, 0.25) is 0 Å². The Morgan fingerprint density at radius 2 is 1.13 bits per heavy atom. The van der Waals surface area contributed by atoms with Crippen LogP contribution in [0.4, 0.5) is 0 Å². The number of hydrogen-bond donors (Lipinski definition) is 0. The molecule has 0 atom stereocenters. The molecule has 74 valence electrons. The van der Waals surface area contributed by atoms with Gasteiger partial charge in [0, 0.05) is 42.6 Å². The molecule has 0 aliphatic rings. The molecule has 0 unspecified atom stereocenters. The Morgan fingerprint density at radius 1 is 0.667 bits per heavy atom. The molecule has 15 heavy (non-hydrogen) atoms. The number of pyridine rings is 2. The van der Waals surface area contributed by atoms with Crippen LogP contribution in [0.15, 0.2) is 48.8 Å². The molecular weight excluding hydrogens is 273 g/mol. The normalized spacial score (nSPS) is 10.1. The van der Waals surface area contributed by atoms with Gasteiger partial charge in [-0.3, -0.25) is 9.97 Å². The van der Waals surface area contributed by atoms with E-state index in [4.69, 9.17) is 0 Å². The monoisotopic (exact) mass is 282 g/mol. The molecular formula is C12H8N2Ru. The van der Waals surface area contributed by atoms with Gasteiger partial charge >= 0.3 is 0 Å². The van der Waals surface area contributed by atoms with Crippen LogP contribution in [0, 0.1) is 0 Å². The molecule has 3 rings (SSSR count). The second-order valence-corrected chi connectivity index (χ2v) is 3.22. The summed E-state index contributed by atoms with van der Waals surface area (Å²) in [6.45, 7) is 0. The molecule has 0 amide bonds. The van der Waals surface area contributed by atoms with Crippen molar-refractivity contribution >= 4 is 21.8 Å². The van der Waals surface area contributed by atoms with Crippen LogP contribution >= 0.6 is 0 Å². The number of hydrogen-bond acceptors (Lipinski definition) is 2. The summed E-state index contributed by atoms with van der Waals surface area (Å²) in [6.07, 6.45) is 3.60. The van der Waals surface area contributed by atoms with Crippen LogP contribution in [-0.2, 0) is 19.5 Å². The number of aromatic nitrogens is 2. The van der Waals surface area contributed by atoms with Crippen molar-refractivity contribution < 1.29 is 19.5 Å². The van der Waals surface area contributed by atoms with Gasteiger partial charge in [-0.25, -0.2) is 0 Å². The molecule has 2 heterocycles. The van der Waals surface area contributed by atoms with E-state index in [-0.39, 0.29) is 19.5 Å². The van der Waals surface area contributed by atoms with Gasteiger partial charge in [0.2, 0.25) is 0 Å². The zero-order chi connectivity index (χ0) is 9.38. The quantitative estimate of drug-likeness (QED) is 0.468. The van der Waals surface area contributed by atoms with E-state index in [0.717, 1.165) is 21.8 Å². The second-order valence-electron chi connectivity index (χ2n) is 3.22. The van der Waals surface area contributed by atoms with Crippen molar-refractivity contribution in [2.24, 2.45) is 0 Å². The van der Waals surface area contributed by atoms with E-state index in [1.807, 2.05) is 12.1 Å². The largest absolute Gasteiger partial charge is 0.254 e. The molecule has 0 radical (unpaired) electrons. The van der Waals surface area contributed by atoms with Crippen LogP contribution in [0.3, 0.4) is 0 Å². The predicted octanol–water partition coefficient (Wildman–Crippen LogP) is 2.78. The third kappa shape index (κ3) is 1.64. The van der Waals surface area contributed by atoms with Crippen LogP contribution < -0.4 is 0 Å². The van der Waals surface area contributed by atoms with Gasteiger partial charge in [-0.15, -0.1) is 0 Å². The second kappa shape index (κ2) is 4.03. The van der Waals surface area contributed by atoms with Crippen molar-refractivity contribution in [3.63, 3.8) is 0 Å². The van der Waals surface area contributed by atoms with Gasteiger partial charge in [0.1, 0.15) is 0 Å². The van der Waals surface area contributed by atoms with Crippen molar-refractivity contribution in [3.8, 4) is 0 Å². The molecule has 1 aromatic carbocycles. The van der Waals surface area contributed by atoms with E-state index in [2.05, 4.69) is 34.2 Å². The maximum atomic E-state index is 4.35. The fourth-order valence-electron chi connectivity index (χ4n) is 1.68. The van der Waals surface area contributed by atoms with Gasteiger partial charge in [-0.2, -0.15) is 0 Å². The first-order valence-corrected chi connectivity index (χ1v) is 4.53. The standard InChI is InChI=1S/C12H8N2.Ru/c1-3-9-5-6-10-4-2-8-14-12(10)11(9)13-7-1;/h1-8H;.